The number of amides is 1. The molecule has 140 valence electrons. The Morgan fingerprint density at radius 2 is 1.92 bits per heavy atom. The van der Waals surface area contributed by atoms with Crippen molar-refractivity contribution in [3.63, 3.8) is 0 Å². The molecule has 2 aromatic carbocycles. The third-order valence-corrected chi connectivity index (χ3v) is 4.51. The average molecular weight is 355 g/mol. The number of methoxy groups -OCH3 is 1. The molecule has 1 amide bonds. The highest BCUT2D eigenvalue weighted by Crippen LogP contribution is 2.24. The summed E-state index contributed by atoms with van der Waals surface area (Å²) in [6.07, 6.45) is 0.783. The summed E-state index contributed by atoms with van der Waals surface area (Å²) in [6.45, 7) is 4.82. The highest BCUT2D eigenvalue weighted by Gasteiger charge is 2.17. The molecule has 0 fully saturated rings. The normalized spacial score (nSPS) is 11.9. The van der Waals surface area contributed by atoms with E-state index in [0.29, 0.717) is 18.0 Å². The predicted molar refractivity (Wildman–Crippen MR) is 107 cm³/mol. The molecule has 0 aliphatic rings. The highest BCUT2D eigenvalue weighted by atomic mass is 16.5. The third kappa shape index (κ3) is 5.23. The second-order valence-corrected chi connectivity index (χ2v) is 6.83. The van der Waals surface area contributed by atoms with Crippen LogP contribution in [0.3, 0.4) is 0 Å². The van der Waals surface area contributed by atoms with Crippen molar-refractivity contribution < 1.29 is 9.53 Å². The number of nitrogens with zero attached hydrogens (tertiary/aromatic N) is 1. The smallest absolute Gasteiger partial charge is 0.255 e. The van der Waals surface area contributed by atoms with Crippen LogP contribution in [-0.2, 0) is 0 Å². The van der Waals surface area contributed by atoms with Crippen LogP contribution in [0.2, 0.25) is 0 Å². The van der Waals surface area contributed by atoms with Crippen molar-refractivity contribution in [2.45, 2.75) is 26.3 Å². The topological polar surface area (TPSA) is 67.6 Å². The number of ether oxygens (including phenoxy) is 1. The van der Waals surface area contributed by atoms with E-state index in [2.05, 4.69) is 19.2 Å². The SMILES string of the molecule is COc1cccc(Nc2ccccc2C(=O)N(C)CCC(N)C(C)C)c1. The number of nitrogens with one attached hydrogen (secondary N) is 1. The molecule has 0 saturated heterocycles. The molecule has 3 N–H and O–H groups in total. The van der Waals surface area contributed by atoms with Crippen molar-refractivity contribution in [2.24, 2.45) is 11.7 Å². The maximum absolute atomic E-state index is 12.9. The minimum Gasteiger partial charge on any atom is -0.497 e. The summed E-state index contributed by atoms with van der Waals surface area (Å²) in [5.74, 6) is 1.14. The van der Waals surface area contributed by atoms with Crippen LogP contribution in [0.1, 0.15) is 30.6 Å². The number of nitrogens with two attached hydrogens (primary N) is 1. The molecular weight excluding hydrogens is 326 g/mol. The summed E-state index contributed by atoms with van der Waals surface area (Å²) >= 11 is 0. The molecule has 1 atom stereocenters. The van der Waals surface area contributed by atoms with Crippen molar-refractivity contribution in [2.75, 3.05) is 26.0 Å². The molecule has 2 aromatic rings. The van der Waals surface area contributed by atoms with Crippen LogP contribution in [0.25, 0.3) is 0 Å². The van der Waals surface area contributed by atoms with Gasteiger partial charge in [-0.1, -0.05) is 32.0 Å². The van der Waals surface area contributed by atoms with Crippen LogP contribution < -0.4 is 15.8 Å². The van der Waals surface area contributed by atoms with Gasteiger partial charge < -0.3 is 20.7 Å². The summed E-state index contributed by atoms with van der Waals surface area (Å²) in [5.41, 5.74) is 8.37. The molecular formula is C21H29N3O2. The predicted octanol–water partition coefficient (Wildman–Crippen LogP) is 3.88. The molecule has 1 unspecified atom stereocenters. The van der Waals surface area contributed by atoms with Crippen LogP contribution in [-0.4, -0.2) is 37.6 Å². The van der Waals surface area contributed by atoms with Gasteiger partial charge >= 0.3 is 0 Å². The number of hydrogen-bond acceptors (Lipinski definition) is 4. The summed E-state index contributed by atoms with van der Waals surface area (Å²) < 4.78 is 5.26. The second-order valence-electron chi connectivity index (χ2n) is 6.83. The van der Waals surface area contributed by atoms with Gasteiger partial charge in [-0.2, -0.15) is 0 Å². The monoisotopic (exact) mass is 355 g/mol. The quantitative estimate of drug-likeness (QED) is 0.754. The van der Waals surface area contributed by atoms with Crippen LogP contribution in [0.4, 0.5) is 11.4 Å². The first kappa shape index (κ1) is 19.8. The van der Waals surface area contributed by atoms with Crippen molar-refractivity contribution in [1.82, 2.24) is 4.90 Å². The first-order valence-electron chi connectivity index (χ1n) is 8.93. The van der Waals surface area contributed by atoms with Gasteiger partial charge in [-0.15, -0.1) is 0 Å². The van der Waals surface area contributed by atoms with Crippen molar-refractivity contribution in [1.29, 1.82) is 0 Å². The lowest BCUT2D eigenvalue weighted by molar-refractivity contribution is 0.0790. The first-order valence-corrected chi connectivity index (χ1v) is 8.93. The van der Waals surface area contributed by atoms with Gasteiger partial charge in [0.2, 0.25) is 0 Å². The van der Waals surface area contributed by atoms with Gasteiger partial charge in [0.15, 0.2) is 0 Å². The lowest BCUT2D eigenvalue weighted by Crippen LogP contribution is -2.34. The van der Waals surface area contributed by atoms with Crippen molar-refractivity contribution >= 4 is 17.3 Å². The van der Waals surface area contributed by atoms with E-state index in [9.17, 15) is 4.79 Å². The van der Waals surface area contributed by atoms with Gasteiger partial charge in [-0.05, 0) is 36.6 Å². The van der Waals surface area contributed by atoms with Gasteiger partial charge in [0.1, 0.15) is 5.75 Å². The molecule has 0 bridgehead atoms. The maximum Gasteiger partial charge on any atom is 0.255 e. The Morgan fingerprint density at radius 1 is 1.19 bits per heavy atom. The minimum atomic E-state index is -0.0213. The zero-order valence-corrected chi connectivity index (χ0v) is 16.0. The number of benzene rings is 2. The van der Waals surface area contributed by atoms with E-state index in [1.807, 2.05) is 55.6 Å². The van der Waals surface area contributed by atoms with Crippen molar-refractivity contribution in [3.05, 3.63) is 54.1 Å². The molecule has 2 rings (SSSR count). The zero-order chi connectivity index (χ0) is 19.1. The van der Waals surface area contributed by atoms with E-state index in [4.69, 9.17) is 10.5 Å². The molecule has 0 aliphatic heterocycles. The molecule has 5 heteroatoms. The lowest BCUT2D eigenvalue weighted by atomic mass is 10.0. The minimum absolute atomic E-state index is 0.0213. The molecule has 0 spiro atoms. The Morgan fingerprint density at radius 3 is 2.62 bits per heavy atom. The first-order chi connectivity index (χ1) is 12.4. The van der Waals surface area contributed by atoms with E-state index >= 15 is 0 Å². The fourth-order valence-electron chi connectivity index (χ4n) is 2.62. The summed E-state index contributed by atoms with van der Waals surface area (Å²) in [6, 6.07) is 15.2. The van der Waals surface area contributed by atoms with Crippen LogP contribution >= 0.6 is 0 Å². The Balaban J connectivity index is 2.13. The van der Waals surface area contributed by atoms with E-state index < -0.39 is 0 Å². The van der Waals surface area contributed by atoms with Gasteiger partial charge in [-0.3, -0.25) is 4.79 Å². The number of hydrogen-bond donors (Lipinski definition) is 2. The Kier molecular flexibility index (Phi) is 7.04. The fourth-order valence-corrected chi connectivity index (χ4v) is 2.62. The number of para-hydroxylation sites is 1. The Hall–Kier alpha value is -2.53. The summed E-state index contributed by atoms with van der Waals surface area (Å²) in [4.78, 5) is 14.6. The number of anilines is 2. The number of carbonyl (C=O) groups excluding carboxylic acids is 1. The van der Waals surface area contributed by atoms with Gasteiger partial charge in [0, 0.05) is 31.4 Å². The number of rotatable bonds is 8. The van der Waals surface area contributed by atoms with E-state index in [1.165, 1.54) is 0 Å². The van der Waals surface area contributed by atoms with Gasteiger partial charge in [-0.25, -0.2) is 0 Å². The molecule has 0 radical (unpaired) electrons. The lowest BCUT2D eigenvalue weighted by Gasteiger charge is -2.23. The molecule has 0 aromatic heterocycles. The Bertz CT molecular complexity index is 731. The third-order valence-electron chi connectivity index (χ3n) is 4.51. The van der Waals surface area contributed by atoms with E-state index in [-0.39, 0.29) is 11.9 Å². The van der Waals surface area contributed by atoms with Gasteiger partial charge in [0.25, 0.3) is 5.91 Å². The van der Waals surface area contributed by atoms with E-state index in [1.54, 1.807) is 12.0 Å². The number of carbonyl (C=O) groups is 1. The van der Waals surface area contributed by atoms with E-state index in [0.717, 1.165) is 23.5 Å². The maximum atomic E-state index is 12.9. The highest BCUT2D eigenvalue weighted by molar-refractivity contribution is 6.00. The summed E-state index contributed by atoms with van der Waals surface area (Å²) in [7, 11) is 3.45. The van der Waals surface area contributed by atoms with Gasteiger partial charge in [0.05, 0.1) is 18.4 Å². The van der Waals surface area contributed by atoms with Crippen LogP contribution in [0.5, 0.6) is 5.75 Å². The zero-order valence-electron chi connectivity index (χ0n) is 16.0. The van der Waals surface area contributed by atoms with Crippen LogP contribution in [0, 0.1) is 5.92 Å². The fraction of sp³-hybridized carbons (Fsp3) is 0.381. The molecule has 0 aliphatic carbocycles. The second kappa shape index (κ2) is 9.25. The molecule has 0 heterocycles. The largest absolute Gasteiger partial charge is 0.497 e. The summed E-state index contributed by atoms with van der Waals surface area (Å²) in [5, 5.41) is 3.31. The molecule has 5 nitrogen and oxygen atoms in total. The molecule has 0 saturated carbocycles. The van der Waals surface area contributed by atoms with Crippen molar-refractivity contribution in [3.8, 4) is 5.75 Å². The average Bonchev–Trinajstić information content (AvgIpc) is 2.65. The Labute approximate surface area is 156 Å². The standard InChI is InChI=1S/C21H29N3O2/c1-15(2)19(22)12-13-24(3)21(25)18-10-5-6-11-20(18)23-16-8-7-9-17(14-16)26-4/h5-11,14-15,19,23H,12-13,22H2,1-4H3. The molecule has 26 heavy (non-hydrogen) atoms. The van der Waals surface area contributed by atoms with Crippen LogP contribution in [0.15, 0.2) is 48.5 Å².